The van der Waals surface area contributed by atoms with Gasteiger partial charge in [-0.2, -0.15) is 5.10 Å². The topological polar surface area (TPSA) is 98.7 Å². The second kappa shape index (κ2) is 5.47. The SMILES string of the molecule is CCCc1nc(NC)cc(-n2ccc(C(N)=O)n2)n1. The molecule has 19 heavy (non-hydrogen) atoms. The first-order valence-corrected chi connectivity index (χ1v) is 6.05. The Bertz CT molecular complexity index is 592. The lowest BCUT2D eigenvalue weighted by atomic mass is 10.3. The summed E-state index contributed by atoms with van der Waals surface area (Å²) >= 11 is 0. The maximum atomic E-state index is 11.0. The molecule has 0 aliphatic carbocycles. The standard InChI is InChI=1S/C12H16N6O/c1-3-4-9-15-10(14-2)7-11(16-9)18-6-5-8(17-18)12(13)19/h5-7H,3-4H2,1-2H3,(H2,13,19)(H,14,15,16). The van der Waals surface area contributed by atoms with Crippen molar-refractivity contribution in [2.24, 2.45) is 5.73 Å². The predicted octanol–water partition coefficient (Wildman–Crippen LogP) is 0.755. The van der Waals surface area contributed by atoms with Crippen LogP contribution in [0.1, 0.15) is 29.7 Å². The summed E-state index contributed by atoms with van der Waals surface area (Å²) in [5, 5.41) is 7.06. The Hall–Kier alpha value is -2.44. The van der Waals surface area contributed by atoms with Crippen LogP contribution in [0, 0.1) is 0 Å². The highest BCUT2D eigenvalue weighted by atomic mass is 16.1. The average Bonchev–Trinajstić information content (AvgIpc) is 2.88. The number of primary amides is 1. The first kappa shape index (κ1) is 13.0. The van der Waals surface area contributed by atoms with Gasteiger partial charge in [0.05, 0.1) is 0 Å². The van der Waals surface area contributed by atoms with Gasteiger partial charge in [0.2, 0.25) is 0 Å². The van der Waals surface area contributed by atoms with E-state index in [1.165, 1.54) is 4.68 Å². The molecule has 0 saturated carbocycles. The normalized spacial score (nSPS) is 10.4. The van der Waals surface area contributed by atoms with Crippen molar-refractivity contribution in [1.82, 2.24) is 19.7 Å². The van der Waals surface area contributed by atoms with E-state index in [-0.39, 0.29) is 5.69 Å². The van der Waals surface area contributed by atoms with E-state index in [4.69, 9.17) is 5.73 Å². The molecule has 3 N–H and O–H groups in total. The lowest BCUT2D eigenvalue weighted by molar-refractivity contribution is 0.0995. The van der Waals surface area contributed by atoms with Crippen molar-refractivity contribution >= 4 is 11.7 Å². The number of hydrogen-bond donors (Lipinski definition) is 2. The van der Waals surface area contributed by atoms with E-state index in [2.05, 4.69) is 27.3 Å². The van der Waals surface area contributed by atoms with Crippen molar-refractivity contribution in [2.45, 2.75) is 19.8 Å². The third kappa shape index (κ3) is 2.87. The molecular formula is C12H16N6O. The molecule has 0 bridgehead atoms. The molecule has 0 fully saturated rings. The van der Waals surface area contributed by atoms with Crippen molar-refractivity contribution in [1.29, 1.82) is 0 Å². The molecule has 0 aromatic carbocycles. The summed E-state index contributed by atoms with van der Waals surface area (Å²) in [7, 11) is 1.79. The molecule has 2 rings (SSSR count). The number of aryl methyl sites for hydroxylation is 1. The van der Waals surface area contributed by atoms with Crippen molar-refractivity contribution in [3.8, 4) is 5.82 Å². The second-order valence-corrected chi connectivity index (χ2v) is 4.04. The smallest absolute Gasteiger partial charge is 0.269 e. The van der Waals surface area contributed by atoms with E-state index in [1.807, 2.05) is 0 Å². The van der Waals surface area contributed by atoms with Gasteiger partial charge in [0.25, 0.3) is 5.91 Å². The van der Waals surface area contributed by atoms with Crippen molar-refractivity contribution in [2.75, 3.05) is 12.4 Å². The Labute approximate surface area is 110 Å². The van der Waals surface area contributed by atoms with Gasteiger partial charge in [-0.15, -0.1) is 0 Å². The monoisotopic (exact) mass is 260 g/mol. The third-order valence-electron chi connectivity index (χ3n) is 2.56. The van der Waals surface area contributed by atoms with Crippen molar-refractivity contribution in [3.63, 3.8) is 0 Å². The van der Waals surface area contributed by atoms with Crippen LogP contribution in [0.4, 0.5) is 5.82 Å². The second-order valence-electron chi connectivity index (χ2n) is 4.04. The molecule has 0 aliphatic heterocycles. The highest BCUT2D eigenvalue weighted by Crippen LogP contribution is 2.11. The number of hydrogen-bond acceptors (Lipinski definition) is 5. The van der Waals surface area contributed by atoms with Crippen LogP contribution >= 0.6 is 0 Å². The number of nitrogens with one attached hydrogen (secondary N) is 1. The van der Waals surface area contributed by atoms with Gasteiger partial charge in [-0.25, -0.2) is 14.6 Å². The maximum absolute atomic E-state index is 11.0. The molecule has 0 saturated heterocycles. The zero-order chi connectivity index (χ0) is 13.8. The molecule has 2 aromatic heterocycles. The summed E-state index contributed by atoms with van der Waals surface area (Å²) in [6.07, 6.45) is 3.39. The Morgan fingerprint density at radius 3 is 2.84 bits per heavy atom. The van der Waals surface area contributed by atoms with Crippen LogP contribution in [0.2, 0.25) is 0 Å². The molecule has 0 atom stereocenters. The lowest BCUT2D eigenvalue weighted by Crippen LogP contribution is -2.13. The summed E-state index contributed by atoms with van der Waals surface area (Å²) in [6.45, 7) is 2.06. The Morgan fingerprint density at radius 2 is 2.26 bits per heavy atom. The molecular weight excluding hydrogens is 244 g/mol. The van der Waals surface area contributed by atoms with Crippen LogP contribution in [-0.4, -0.2) is 32.7 Å². The third-order valence-corrected chi connectivity index (χ3v) is 2.56. The van der Waals surface area contributed by atoms with E-state index in [0.717, 1.165) is 18.7 Å². The fourth-order valence-corrected chi connectivity index (χ4v) is 1.65. The quantitative estimate of drug-likeness (QED) is 0.826. The number of carbonyl (C=O) groups is 1. The first-order valence-electron chi connectivity index (χ1n) is 6.05. The van der Waals surface area contributed by atoms with E-state index in [9.17, 15) is 4.79 Å². The van der Waals surface area contributed by atoms with Gasteiger partial charge in [0, 0.05) is 25.7 Å². The zero-order valence-electron chi connectivity index (χ0n) is 10.9. The van der Waals surface area contributed by atoms with Gasteiger partial charge in [0.15, 0.2) is 5.82 Å². The fourth-order valence-electron chi connectivity index (χ4n) is 1.65. The van der Waals surface area contributed by atoms with Gasteiger partial charge < -0.3 is 11.1 Å². The van der Waals surface area contributed by atoms with Crippen LogP contribution in [-0.2, 0) is 6.42 Å². The molecule has 0 unspecified atom stereocenters. The Kier molecular flexibility index (Phi) is 3.74. The van der Waals surface area contributed by atoms with Crippen molar-refractivity contribution < 1.29 is 4.79 Å². The molecule has 0 radical (unpaired) electrons. The highest BCUT2D eigenvalue weighted by molar-refractivity contribution is 5.90. The number of anilines is 1. The van der Waals surface area contributed by atoms with Gasteiger partial charge in [0.1, 0.15) is 17.3 Å². The average molecular weight is 260 g/mol. The number of rotatable bonds is 5. The summed E-state index contributed by atoms with van der Waals surface area (Å²) in [4.78, 5) is 19.8. The summed E-state index contributed by atoms with van der Waals surface area (Å²) in [6, 6.07) is 3.32. The highest BCUT2D eigenvalue weighted by Gasteiger charge is 2.09. The lowest BCUT2D eigenvalue weighted by Gasteiger charge is -2.07. The van der Waals surface area contributed by atoms with Crippen LogP contribution in [0.3, 0.4) is 0 Å². The molecule has 2 aromatic rings. The van der Waals surface area contributed by atoms with Crippen LogP contribution in [0.15, 0.2) is 18.3 Å². The van der Waals surface area contributed by atoms with Crippen LogP contribution in [0.5, 0.6) is 0 Å². The Balaban J connectivity index is 2.41. The number of carbonyl (C=O) groups excluding carboxylic acids is 1. The van der Waals surface area contributed by atoms with Crippen LogP contribution in [0.25, 0.3) is 5.82 Å². The minimum Gasteiger partial charge on any atom is -0.373 e. The molecule has 2 heterocycles. The Morgan fingerprint density at radius 1 is 1.47 bits per heavy atom. The molecule has 7 heteroatoms. The predicted molar refractivity (Wildman–Crippen MR) is 71.2 cm³/mol. The van der Waals surface area contributed by atoms with Gasteiger partial charge in [-0.1, -0.05) is 6.92 Å². The fraction of sp³-hybridized carbons (Fsp3) is 0.333. The largest absolute Gasteiger partial charge is 0.373 e. The number of nitrogens with two attached hydrogens (primary N) is 1. The van der Waals surface area contributed by atoms with E-state index in [0.29, 0.717) is 11.6 Å². The van der Waals surface area contributed by atoms with Crippen LogP contribution < -0.4 is 11.1 Å². The van der Waals surface area contributed by atoms with Gasteiger partial charge in [-0.05, 0) is 12.5 Å². The number of amides is 1. The minimum absolute atomic E-state index is 0.210. The number of aromatic nitrogens is 4. The van der Waals surface area contributed by atoms with E-state index in [1.54, 1.807) is 25.4 Å². The summed E-state index contributed by atoms with van der Waals surface area (Å²) in [5.74, 6) is 1.50. The first-order chi connectivity index (χ1) is 9.13. The molecule has 0 spiro atoms. The van der Waals surface area contributed by atoms with E-state index < -0.39 is 5.91 Å². The van der Waals surface area contributed by atoms with Gasteiger partial charge in [-0.3, -0.25) is 4.79 Å². The van der Waals surface area contributed by atoms with Gasteiger partial charge >= 0.3 is 0 Å². The molecule has 0 aliphatic rings. The number of nitrogens with zero attached hydrogens (tertiary/aromatic N) is 4. The molecule has 7 nitrogen and oxygen atoms in total. The minimum atomic E-state index is -0.560. The van der Waals surface area contributed by atoms with E-state index >= 15 is 0 Å². The summed E-state index contributed by atoms with van der Waals surface area (Å²) in [5.41, 5.74) is 5.39. The summed E-state index contributed by atoms with van der Waals surface area (Å²) < 4.78 is 1.52. The van der Waals surface area contributed by atoms with Crippen molar-refractivity contribution in [3.05, 3.63) is 29.8 Å². The molecule has 100 valence electrons. The zero-order valence-corrected chi connectivity index (χ0v) is 10.9. The maximum Gasteiger partial charge on any atom is 0.269 e. The molecule has 1 amide bonds.